The lowest BCUT2D eigenvalue weighted by atomic mass is 10.1. The highest BCUT2D eigenvalue weighted by Crippen LogP contribution is 2.31. The van der Waals surface area contributed by atoms with Crippen molar-refractivity contribution in [3.05, 3.63) is 95.1 Å². The molecule has 0 heterocycles. The predicted molar refractivity (Wildman–Crippen MR) is 146 cm³/mol. The summed E-state index contributed by atoms with van der Waals surface area (Å²) >= 11 is 0. The molecule has 0 bridgehead atoms. The third-order valence-electron chi connectivity index (χ3n) is 5.24. The maximum Gasteiger partial charge on any atom is 0.348 e. The van der Waals surface area contributed by atoms with E-state index in [4.69, 9.17) is 23.7 Å². The molecular formula is C31H29NO7. The van der Waals surface area contributed by atoms with Gasteiger partial charge in [-0.25, -0.2) is 9.59 Å². The molecule has 0 atom stereocenters. The molecule has 39 heavy (non-hydrogen) atoms. The van der Waals surface area contributed by atoms with E-state index in [1.807, 2.05) is 36.4 Å². The SMILES string of the molecule is CCOC(=O)/C(C#N)=C/c1ccc(OC(=O)/C=C/c2ccc(OCc3ccccc3)c(OC)c2)c(OCC)c1. The number of ether oxygens (including phenoxy) is 5. The Labute approximate surface area is 227 Å². The summed E-state index contributed by atoms with van der Waals surface area (Å²) in [4.78, 5) is 24.5. The van der Waals surface area contributed by atoms with Crippen LogP contribution in [-0.2, 0) is 20.9 Å². The van der Waals surface area contributed by atoms with Crippen molar-refractivity contribution in [3.63, 3.8) is 0 Å². The summed E-state index contributed by atoms with van der Waals surface area (Å²) in [5, 5.41) is 9.26. The molecule has 3 aromatic carbocycles. The zero-order valence-electron chi connectivity index (χ0n) is 22.0. The molecule has 0 unspecified atom stereocenters. The number of hydrogen-bond acceptors (Lipinski definition) is 8. The minimum atomic E-state index is -0.717. The predicted octanol–water partition coefficient (Wildman–Crippen LogP) is 5.76. The standard InChI is InChI=1S/C31H29NO7/c1-4-36-29-19-24(17-25(20-32)31(34)37-5-2)12-15-27(29)39-30(33)16-13-22-11-14-26(28(18-22)35-3)38-21-23-9-7-6-8-10-23/h6-19H,4-5,21H2,1-3H3/b16-13+,25-17+. The summed E-state index contributed by atoms with van der Waals surface area (Å²) < 4.78 is 27.3. The number of carbonyl (C=O) groups is 2. The van der Waals surface area contributed by atoms with Gasteiger partial charge in [-0.05, 0) is 67.0 Å². The molecule has 0 spiro atoms. The second-order valence-electron chi connectivity index (χ2n) is 7.97. The second kappa shape index (κ2) is 14.6. The van der Waals surface area contributed by atoms with E-state index < -0.39 is 11.9 Å². The van der Waals surface area contributed by atoms with Crippen LogP contribution < -0.4 is 18.9 Å². The van der Waals surface area contributed by atoms with Crippen molar-refractivity contribution < 1.29 is 33.3 Å². The van der Waals surface area contributed by atoms with E-state index in [2.05, 4.69) is 0 Å². The molecule has 3 rings (SSSR count). The first kappa shape index (κ1) is 28.5. The maximum atomic E-state index is 12.6. The van der Waals surface area contributed by atoms with Crippen LogP contribution in [0.1, 0.15) is 30.5 Å². The van der Waals surface area contributed by atoms with Gasteiger partial charge in [0.1, 0.15) is 18.2 Å². The van der Waals surface area contributed by atoms with Crippen LogP contribution in [0.15, 0.2) is 78.4 Å². The zero-order chi connectivity index (χ0) is 28.0. The smallest absolute Gasteiger partial charge is 0.348 e. The van der Waals surface area contributed by atoms with Gasteiger partial charge in [0.2, 0.25) is 0 Å². The Kier molecular flexibility index (Phi) is 10.7. The topological polar surface area (TPSA) is 104 Å². The van der Waals surface area contributed by atoms with Crippen LogP contribution in [0.2, 0.25) is 0 Å². The summed E-state index contributed by atoms with van der Waals surface area (Å²) in [6.07, 6.45) is 4.27. The fourth-order valence-electron chi connectivity index (χ4n) is 3.43. The van der Waals surface area contributed by atoms with Gasteiger partial charge in [-0.1, -0.05) is 42.5 Å². The summed E-state index contributed by atoms with van der Waals surface area (Å²) in [5.74, 6) is 0.261. The van der Waals surface area contributed by atoms with Crippen LogP contribution in [-0.4, -0.2) is 32.3 Å². The molecule has 8 nitrogen and oxygen atoms in total. The monoisotopic (exact) mass is 527 g/mol. The van der Waals surface area contributed by atoms with E-state index in [9.17, 15) is 14.9 Å². The lowest BCUT2D eigenvalue weighted by Gasteiger charge is -2.12. The van der Waals surface area contributed by atoms with Crippen LogP contribution in [0.5, 0.6) is 23.0 Å². The first-order valence-electron chi connectivity index (χ1n) is 12.3. The normalized spacial score (nSPS) is 11.0. The summed E-state index contributed by atoms with van der Waals surface area (Å²) in [5.41, 5.74) is 2.11. The lowest BCUT2D eigenvalue weighted by Crippen LogP contribution is -2.07. The number of hydrogen-bond donors (Lipinski definition) is 0. The van der Waals surface area contributed by atoms with Crippen LogP contribution in [0.4, 0.5) is 0 Å². The van der Waals surface area contributed by atoms with Crippen molar-refractivity contribution in [1.29, 1.82) is 5.26 Å². The first-order valence-corrected chi connectivity index (χ1v) is 12.3. The van der Waals surface area contributed by atoms with Crippen molar-refractivity contribution in [2.24, 2.45) is 0 Å². The fraction of sp³-hybridized carbons (Fsp3) is 0.194. The molecule has 0 aliphatic heterocycles. The minimum absolute atomic E-state index is 0.154. The average molecular weight is 528 g/mol. The van der Waals surface area contributed by atoms with Gasteiger partial charge in [0, 0.05) is 6.08 Å². The Morgan fingerprint density at radius 2 is 1.56 bits per heavy atom. The number of rotatable bonds is 12. The molecule has 0 aromatic heterocycles. The quantitative estimate of drug-likeness (QED) is 0.127. The molecule has 200 valence electrons. The van der Waals surface area contributed by atoms with Gasteiger partial charge in [-0.2, -0.15) is 5.26 Å². The number of nitrogens with zero attached hydrogens (tertiary/aromatic N) is 1. The highest BCUT2D eigenvalue weighted by atomic mass is 16.6. The van der Waals surface area contributed by atoms with Crippen molar-refractivity contribution >= 4 is 24.1 Å². The van der Waals surface area contributed by atoms with E-state index in [0.29, 0.717) is 35.8 Å². The van der Waals surface area contributed by atoms with Gasteiger partial charge < -0.3 is 23.7 Å². The van der Waals surface area contributed by atoms with Crippen LogP contribution in [0.3, 0.4) is 0 Å². The van der Waals surface area contributed by atoms with E-state index in [0.717, 1.165) is 5.56 Å². The molecule has 0 amide bonds. The van der Waals surface area contributed by atoms with Crippen molar-refractivity contribution in [2.45, 2.75) is 20.5 Å². The van der Waals surface area contributed by atoms with E-state index in [-0.39, 0.29) is 23.7 Å². The Morgan fingerprint density at radius 1 is 0.846 bits per heavy atom. The Morgan fingerprint density at radius 3 is 2.26 bits per heavy atom. The fourth-order valence-corrected chi connectivity index (χ4v) is 3.43. The second-order valence-corrected chi connectivity index (χ2v) is 7.97. The lowest BCUT2D eigenvalue weighted by molar-refractivity contribution is -0.138. The third kappa shape index (κ3) is 8.51. The highest BCUT2D eigenvalue weighted by Gasteiger charge is 2.13. The van der Waals surface area contributed by atoms with Crippen molar-refractivity contribution in [3.8, 4) is 29.1 Å². The van der Waals surface area contributed by atoms with E-state index >= 15 is 0 Å². The molecule has 8 heteroatoms. The van der Waals surface area contributed by atoms with Crippen molar-refractivity contribution in [1.82, 2.24) is 0 Å². The van der Waals surface area contributed by atoms with E-state index in [1.165, 1.54) is 18.2 Å². The first-order chi connectivity index (χ1) is 19.0. The number of esters is 2. The molecule has 0 aliphatic carbocycles. The Hall–Kier alpha value is -5.03. The van der Waals surface area contributed by atoms with Crippen LogP contribution in [0.25, 0.3) is 12.2 Å². The van der Waals surface area contributed by atoms with Gasteiger partial charge in [0.25, 0.3) is 0 Å². The van der Waals surface area contributed by atoms with Crippen LogP contribution in [0, 0.1) is 11.3 Å². The molecule has 3 aromatic rings. The molecule has 0 radical (unpaired) electrons. The molecule has 0 saturated carbocycles. The molecular weight excluding hydrogens is 498 g/mol. The Bertz CT molecular complexity index is 1390. The summed E-state index contributed by atoms with van der Waals surface area (Å²) in [7, 11) is 1.55. The van der Waals surface area contributed by atoms with E-state index in [1.54, 1.807) is 57.4 Å². The summed E-state index contributed by atoms with van der Waals surface area (Å²) in [6, 6.07) is 21.7. The molecule has 0 aliphatic rings. The third-order valence-corrected chi connectivity index (χ3v) is 5.24. The zero-order valence-corrected chi connectivity index (χ0v) is 22.0. The van der Waals surface area contributed by atoms with Gasteiger partial charge in [0.05, 0.1) is 20.3 Å². The molecule has 0 N–H and O–H groups in total. The maximum absolute atomic E-state index is 12.6. The van der Waals surface area contributed by atoms with Gasteiger partial charge in [-0.15, -0.1) is 0 Å². The summed E-state index contributed by atoms with van der Waals surface area (Å²) in [6.45, 7) is 4.31. The minimum Gasteiger partial charge on any atom is -0.493 e. The molecule has 0 fully saturated rings. The number of methoxy groups -OCH3 is 1. The van der Waals surface area contributed by atoms with Crippen LogP contribution >= 0.6 is 0 Å². The Balaban J connectivity index is 1.70. The van der Waals surface area contributed by atoms with Gasteiger partial charge in [-0.3, -0.25) is 0 Å². The largest absolute Gasteiger partial charge is 0.493 e. The number of nitriles is 1. The molecule has 0 saturated heterocycles. The van der Waals surface area contributed by atoms with Crippen molar-refractivity contribution in [2.75, 3.05) is 20.3 Å². The van der Waals surface area contributed by atoms with Gasteiger partial charge in [0.15, 0.2) is 23.0 Å². The number of benzene rings is 3. The highest BCUT2D eigenvalue weighted by molar-refractivity contribution is 5.98. The van der Waals surface area contributed by atoms with Gasteiger partial charge >= 0.3 is 11.9 Å². The average Bonchev–Trinajstić information content (AvgIpc) is 2.95. The number of carbonyl (C=O) groups excluding carboxylic acids is 2.